The minimum absolute atomic E-state index is 0.241. The van der Waals surface area contributed by atoms with Crippen LogP contribution in [-0.4, -0.2) is 22.1 Å². The SMILES string of the molecule is Cc1nnc(CN(C)Cc2cc(F)ccc2Br)o1. The largest absolute Gasteiger partial charge is 0.424 e. The smallest absolute Gasteiger partial charge is 0.230 e. The van der Waals surface area contributed by atoms with Crippen LogP contribution >= 0.6 is 15.9 Å². The van der Waals surface area contributed by atoms with Crippen molar-refractivity contribution in [3.8, 4) is 0 Å². The van der Waals surface area contributed by atoms with Crippen LogP contribution in [0.15, 0.2) is 27.1 Å². The van der Waals surface area contributed by atoms with Crippen LogP contribution in [0, 0.1) is 12.7 Å². The van der Waals surface area contributed by atoms with Crippen molar-refractivity contribution in [2.75, 3.05) is 7.05 Å². The number of halogens is 2. The average molecular weight is 314 g/mol. The molecule has 2 rings (SSSR count). The van der Waals surface area contributed by atoms with Gasteiger partial charge in [0.05, 0.1) is 6.54 Å². The molecule has 1 aromatic heterocycles. The Kier molecular flexibility index (Phi) is 4.08. The van der Waals surface area contributed by atoms with E-state index in [1.807, 2.05) is 11.9 Å². The van der Waals surface area contributed by atoms with E-state index in [0.717, 1.165) is 10.0 Å². The third-order valence-electron chi connectivity index (χ3n) is 2.42. The maximum atomic E-state index is 13.1. The molecule has 6 heteroatoms. The molecule has 2 aromatic rings. The van der Waals surface area contributed by atoms with Gasteiger partial charge in [-0.3, -0.25) is 4.90 Å². The van der Waals surface area contributed by atoms with Gasteiger partial charge in [0.1, 0.15) is 5.82 Å². The van der Waals surface area contributed by atoms with E-state index in [4.69, 9.17) is 4.42 Å². The van der Waals surface area contributed by atoms with Gasteiger partial charge in [-0.1, -0.05) is 15.9 Å². The van der Waals surface area contributed by atoms with Crippen molar-refractivity contribution in [2.24, 2.45) is 0 Å². The van der Waals surface area contributed by atoms with Crippen molar-refractivity contribution in [3.05, 3.63) is 45.8 Å². The van der Waals surface area contributed by atoms with Crippen LogP contribution in [0.3, 0.4) is 0 Å². The lowest BCUT2D eigenvalue weighted by Crippen LogP contribution is -2.17. The summed E-state index contributed by atoms with van der Waals surface area (Å²) in [5.41, 5.74) is 0.883. The van der Waals surface area contributed by atoms with Gasteiger partial charge in [-0.15, -0.1) is 10.2 Å². The summed E-state index contributed by atoms with van der Waals surface area (Å²) in [5.74, 6) is 0.864. The van der Waals surface area contributed by atoms with Crippen LogP contribution in [-0.2, 0) is 13.1 Å². The van der Waals surface area contributed by atoms with E-state index < -0.39 is 0 Å². The predicted octanol–water partition coefficient (Wildman–Crippen LogP) is 2.91. The molecule has 0 saturated carbocycles. The lowest BCUT2D eigenvalue weighted by Gasteiger charge is -2.15. The molecule has 0 fully saturated rings. The van der Waals surface area contributed by atoms with Crippen LogP contribution in [0.2, 0.25) is 0 Å². The number of aromatic nitrogens is 2. The highest BCUT2D eigenvalue weighted by molar-refractivity contribution is 9.10. The molecule has 18 heavy (non-hydrogen) atoms. The van der Waals surface area contributed by atoms with Gasteiger partial charge >= 0.3 is 0 Å². The lowest BCUT2D eigenvalue weighted by molar-refractivity contribution is 0.278. The third-order valence-corrected chi connectivity index (χ3v) is 3.19. The first-order chi connectivity index (χ1) is 8.54. The highest BCUT2D eigenvalue weighted by atomic mass is 79.9. The van der Waals surface area contributed by atoms with Gasteiger partial charge in [0.2, 0.25) is 11.8 Å². The zero-order valence-corrected chi connectivity index (χ0v) is 11.7. The van der Waals surface area contributed by atoms with Crippen molar-refractivity contribution in [2.45, 2.75) is 20.0 Å². The Bertz CT molecular complexity index is 544. The predicted molar refractivity (Wildman–Crippen MR) is 68.3 cm³/mol. The Hall–Kier alpha value is -1.27. The maximum absolute atomic E-state index is 13.1. The molecule has 96 valence electrons. The molecule has 0 N–H and O–H groups in total. The summed E-state index contributed by atoms with van der Waals surface area (Å²) in [4.78, 5) is 1.98. The monoisotopic (exact) mass is 313 g/mol. The summed E-state index contributed by atoms with van der Waals surface area (Å²) >= 11 is 3.40. The molecule has 0 atom stereocenters. The first-order valence-electron chi connectivity index (χ1n) is 5.46. The van der Waals surface area contributed by atoms with Crippen LogP contribution in [0.5, 0.6) is 0 Å². The second-order valence-corrected chi connectivity index (χ2v) is 4.98. The summed E-state index contributed by atoms with van der Waals surface area (Å²) in [5, 5.41) is 7.69. The van der Waals surface area contributed by atoms with E-state index in [2.05, 4.69) is 26.1 Å². The molecular weight excluding hydrogens is 301 g/mol. The second-order valence-electron chi connectivity index (χ2n) is 4.12. The number of hydrogen-bond acceptors (Lipinski definition) is 4. The molecule has 4 nitrogen and oxygen atoms in total. The van der Waals surface area contributed by atoms with Crippen molar-refractivity contribution in [1.29, 1.82) is 0 Å². The van der Waals surface area contributed by atoms with Gasteiger partial charge in [-0.25, -0.2) is 4.39 Å². The Morgan fingerprint density at radius 1 is 1.33 bits per heavy atom. The molecule has 0 unspecified atom stereocenters. The van der Waals surface area contributed by atoms with Gasteiger partial charge in [0.15, 0.2) is 0 Å². The van der Waals surface area contributed by atoms with Crippen LogP contribution in [0.4, 0.5) is 4.39 Å². The minimum atomic E-state index is -0.241. The minimum Gasteiger partial charge on any atom is -0.424 e. The van der Waals surface area contributed by atoms with Gasteiger partial charge in [-0.05, 0) is 30.8 Å². The summed E-state index contributed by atoms with van der Waals surface area (Å²) in [6, 6.07) is 4.64. The number of rotatable bonds is 4. The fraction of sp³-hybridized carbons (Fsp3) is 0.333. The Morgan fingerprint density at radius 2 is 2.11 bits per heavy atom. The van der Waals surface area contributed by atoms with Gasteiger partial charge in [0.25, 0.3) is 0 Å². The second kappa shape index (κ2) is 5.58. The fourth-order valence-corrected chi connectivity index (χ4v) is 2.02. The Labute approximate surface area is 113 Å². The van der Waals surface area contributed by atoms with Crippen LogP contribution in [0.25, 0.3) is 0 Å². The summed E-state index contributed by atoms with van der Waals surface area (Å²) < 4.78 is 19.3. The maximum Gasteiger partial charge on any atom is 0.230 e. The molecule has 0 amide bonds. The molecule has 0 aliphatic carbocycles. The van der Waals surface area contributed by atoms with Gasteiger partial charge in [-0.2, -0.15) is 0 Å². The molecule has 0 saturated heterocycles. The number of benzene rings is 1. The Balaban J connectivity index is 2.02. The first-order valence-corrected chi connectivity index (χ1v) is 6.25. The molecule has 0 aliphatic heterocycles. The van der Waals surface area contributed by atoms with E-state index in [9.17, 15) is 4.39 Å². The normalized spacial score (nSPS) is 11.2. The number of hydrogen-bond donors (Lipinski definition) is 0. The molecular formula is C12H13BrFN3O. The zero-order chi connectivity index (χ0) is 13.1. The van der Waals surface area contributed by atoms with Crippen LogP contribution in [0.1, 0.15) is 17.3 Å². The highest BCUT2D eigenvalue weighted by Crippen LogP contribution is 2.19. The Morgan fingerprint density at radius 3 is 2.78 bits per heavy atom. The standard InChI is InChI=1S/C12H13BrFN3O/c1-8-15-16-12(18-8)7-17(2)6-9-5-10(14)3-4-11(9)13/h3-5H,6-7H2,1-2H3. The highest BCUT2D eigenvalue weighted by Gasteiger charge is 2.09. The van der Waals surface area contributed by atoms with Crippen molar-refractivity contribution < 1.29 is 8.81 Å². The average Bonchev–Trinajstić information content (AvgIpc) is 2.69. The molecule has 1 heterocycles. The lowest BCUT2D eigenvalue weighted by atomic mass is 10.2. The van der Waals surface area contributed by atoms with Crippen molar-refractivity contribution >= 4 is 15.9 Å². The summed E-state index contributed by atoms with van der Waals surface area (Å²) in [6.45, 7) is 2.88. The van der Waals surface area contributed by atoms with Gasteiger partial charge < -0.3 is 4.42 Å². The zero-order valence-electron chi connectivity index (χ0n) is 10.2. The molecule has 0 aliphatic rings. The number of aryl methyl sites for hydroxylation is 1. The van der Waals surface area contributed by atoms with E-state index >= 15 is 0 Å². The number of nitrogens with zero attached hydrogens (tertiary/aromatic N) is 3. The summed E-state index contributed by atoms with van der Waals surface area (Å²) in [6.07, 6.45) is 0. The third kappa shape index (κ3) is 3.36. The summed E-state index contributed by atoms with van der Waals surface area (Å²) in [7, 11) is 1.91. The molecule has 0 bridgehead atoms. The van der Waals surface area contributed by atoms with Crippen molar-refractivity contribution in [1.82, 2.24) is 15.1 Å². The van der Waals surface area contributed by atoms with E-state index in [-0.39, 0.29) is 5.82 Å². The quantitative estimate of drug-likeness (QED) is 0.870. The van der Waals surface area contributed by atoms with E-state index in [1.54, 1.807) is 13.0 Å². The molecule has 1 aromatic carbocycles. The van der Waals surface area contributed by atoms with Crippen LogP contribution < -0.4 is 0 Å². The topological polar surface area (TPSA) is 42.2 Å². The molecule has 0 radical (unpaired) electrons. The first kappa shape index (κ1) is 13.2. The van der Waals surface area contributed by atoms with E-state index in [0.29, 0.717) is 24.9 Å². The van der Waals surface area contributed by atoms with Crippen molar-refractivity contribution in [3.63, 3.8) is 0 Å². The fourth-order valence-electron chi connectivity index (χ4n) is 1.64. The molecule has 0 spiro atoms. The van der Waals surface area contributed by atoms with E-state index in [1.165, 1.54) is 12.1 Å². The van der Waals surface area contributed by atoms with Gasteiger partial charge in [0, 0.05) is 17.9 Å².